The fourth-order valence-corrected chi connectivity index (χ4v) is 2.98. The Balaban J connectivity index is 1.81. The molecule has 2 rings (SSSR count). The van der Waals surface area contributed by atoms with Crippen LogP contribution in [-0.4, -0.2) is 64.4 Å². The van der Waals surface area contributed by atoms with Gasteiger partial charge in [0.25, 0.3) is 0 Å². The quantitative estimate of drug-likeness (QED) is 0.329. The van der Waals surface area contributed by atoms with Gasteiger partial charge in [0.1, 0.15) is 12.7 Å². The van der Waals surface area contributed by atoms with Crippen LogP contribution < -0.4 is 5.32 Å². The van der Waals surface area contributed by atoms with Crippen molar-refractivity contribution in [3.63, 3.8) is 0 Å². The highest BCUT2D eigenvalue weighted by Gasteiger charge is 2.28. The number of nitrogens with zero attached hydrogens (tertiary/aromatic N) is 5. The Bertz CT molecular complexity index is 531. The Hall–Kier alpha value is -2.12. The van der Waals surface area contributed by atoms with Gasteiger partial charge >= 0.3 is 5.97 Å². The number of aliphatic imine (C=N–C) groups is 1. The third-order valence-electron chi connectivity index (χ3n) is 4.23. The zero-order valence-corrected chi connectivity index (χ0v) is 15.4. The minimum absolute atomic E-state index is 0.0497. The van der Waals surface area contributed by atoms with Crippen LogP contribution >= 0.6 is 0 Å². The first-order valence-corrected chi connectivity index (χ1v) is 9.26. The summed E-state index contributed by atoms with van der Waals surface area (Å²) in [5, 5.41) is 10.9. The maximum absolute atomic E-state index is 12.0. The number of hydrogen-bond donors (Lipinski definition) is 1. The molecule has 0 saturated carbocycles. The third kappa shape index (κ3) is 6.36. The van der Waals surface area contributed by atoms with Crippen molar-refractivity contribution in [2.24, 2.45) is 10.9 Å². The van der Waals surface area contributed by atoms with Crippen molar-refractivity contribution < 1.29 is 9.53 Å². The molecule has 1 atom stereocenters. The van der Waals surface area contributed by atoms with Gasteiger partial charge in [-0.1, -0.05) is 0 Å². The zero-order valence-electron chi connectivity index (χ0n) is 15.4. The van der Waals surface area contributed by atoms with Gasteiger partial charge in [-0.15, -0.1) is 10.2 Å². The molecule has 0 bridgehead atoms. The normalized spacial score (nSPS) is 18.2. The van der Waals surface area contributed by atoms with E-state index in [2.05, 4.69) is 27.3 Å². The fourth-order valence-electron chi connectivity index (χ4n) is 2.98. The van der Waals surface area contributed by atoms with Crippen LogP contribution in [0.5, 0.6) is 0 Å². The van der Waals surface area contributed by atoms with Crippen molar-refractivity contribution >= 4 is 11.9 Å². The molecular weight excluding hydrogens is 320 g/mol. The molecule has 2 heterocycles. The summed E-state index contributed by atoms with van der Waals surface area (Å²) in [7, 11) is 0. The van der Waals surface area contributed by atoms with Gasteiger partial charge in [0.15, 0.2) is 5.96 Å². The minimum atomic E-state index is -0.0861. The summed E-state index contributed by atoms with van der Waals surface area (Å²) in [4.78, 5) is 18.9. The molecule has 0 radical (unpaired) electrons. The molecule has 1 aliphatic rings. The van der Waals surface area contributed by atoms with Crippen molar-refractivity contribution in [1.82, 2.24) is 25.0 Å². The average molecular weight is 350 g/mol. The van der Waals surface area contributed by atoms with Crippen molar-refractivity contribution in [2.75, 3.05) is 32.8 Å². The molecule has 0 aliphatic carbocycles. The minimum Gasteiger partial charge on any atom is -0.466 e. The monoisotopic (exact) mass is 350 g/mol. The van der Waals surface area contributed by atoms with E-state index >= 15 is 0 Å². The van der Waals surface area contributed by atoms with Crippen LogP contribution in [0, 0.1) is 5.92 Å². The number of esters is 1. The van der Waals surface area contributed by atoms with E-state index in [-0.39, 0.29) is 11.9 Å². The number of ether oxygens (including phenoxy) is 1. The molecule has 1 unspecified atom stereocenters. The van der Waals surface area contributed by atoms with E-state index < -0.39 is 0 Å². The zero-order chi connectivity index (χ0) is 17.9. The second-order valence-electron chi connectivity index (χ2n) is 6.18. The van der Waals surface area contributed by atoms with E-state index in [1.165, 1.54) is 0 Å². The number of carbonyl (C=O) groups excluding carboxylic acids is 1. The molecule has 8 heteroatoms. The molecule has 1 saturated heterocycles. The van der Waals surface area contributed by atoms with Crippen LogP contribution in [0.25, 0.3) is 0 Å². The summed E-state index contributed by atoms with van der Waals surface area (Å²) in [5.74, 6) is 0.768. The average Bonchev–Trinajstić information content (AvgIpc) is 3.14. The van der Waals surface area contributed by atoms with E-state index in [0.717, 1.165) is 57.8 Å². The summed E-state index contributed by atoms with van der Waals surface area (Å²) in [6.45, 7) is 8.47. The maximum atomic E-state index is 12.0. The third-order valence-corrected chi connectivity index (χ3v) is 4.23. The SMILES string of the molecule is CCNC(=NCCCCn1cnnc1)N1CCCC(C(=O)OCC)C1. The van der Waals surface area contributed by atoms with E-state index in [0.29, 0.717) is 13.2 Å². The summed E-state index contributed by atoms with van der Waals surface area (Å²) in [6.07, 6.45) is 7.39. The van der Waals surface area contributed by atoms with Gasteiger partial charge in [-0.05, 0) is 39.5 Å². The molecule has 0 spiro atoms. The van der Waals surface area contributed by atoms with Crippen LogP contribution in [-0.2, 0) is 16.1 Å². The van der Waals surface area contributed by atoms with Crippen LogP contribution in [0.2, 0.25) is 0 Å². The number of guanidine groups is 1. The highest BCUT2D eigenvalue weighted by atomic mass is 16.5. The van der Waals surface area contributed by atoms with Crippen molar-refractivity contribution in [3.05, 3.63) is 12.7 Å². The Morgan fingerprint density at radius 1 is 1.32 bits per heavy atom. The van der Waals surface area contributed by atoms with Gasteiger partial charge in [0, 0.05) is 32.7 Å². The lowest BCUT2D eigenvalue weighted by Gasteiger charge is -2.34. The lowest BCUT2D eigenvalue weighted by Crippen LogP contribution is -2.48. The highest BCUT2D eigenvalue weighted by molar-refractivity contribution is 5.81. The molecular formula is C17H30N6O2. The van der Waals surface area contributed by atoms with Crippen LogP contribution in [0.4, 0.5) is 0 Å². The highest BCUT2D eigenvalue weighted by Crippen LogP contribution is 2.18. The maximum Gasteiger partial charge on any atom is 0.310 e. The Morgan fingerprint density at radius 2 is 2.12 bits per heavy atom. The summed E-state index contributed by atoms with van der Waals surface area (Å²) in [6, 6.07) is 0. The van der Waals surface area contributed by atoms with Gasteiger partial charge in [-0.2, -0.15) is 0 Å². The smallest absolute Gasteiger partial charge is 0.310 e. The number of carbonyl (C=O) groups is 1. The Kier molecular flexibility index (Phi) is 8.21. The topological polar surface area (TPSA) is 84.6 Å². The van der Waals surface area contributed by atoms with Crippen LogP contribution in [0.15, 0.2) is 17.6 Å². The first-order valence-electron chi connectivity index (χ1n) is 9.26. The molecule has 8 nitrogen and oxygen atoms in total. The second kappa shape index (κ2) is 10.7. The lowest BCUT2D eigenvalue weighted by molar-refractivity contribution is -0.149. The molecule has 25 heavy (non-hydrogen) atoms. The van der Waals surface area contributed by atoms with E-state index in [4.69, 9.17) is 9.73 Å². The Labute approximate surface area is 149 Å². The van der Waals surface area contributed by atoms with Crippen molar-refractivity contribution in [1.29, 1.82) is 0 Å². The predicted octanol–water partition coefficient (Wildman–Crippen LogP) is 1.30. The molecule has 1 aromatic heterocycles. The first-order chi connectivity index (χ1) is 12.2. The second-order valence-corrected chi connectivity index (χ2v) is 6.18. The molecule has 0 aromatic carbocycles. The number of hydrogen-bond acceptors (Lipinski definition) is 5. The van der Waals surface area contributed by atoms with Crippen molar-refractivity contribution in [3.8, 4) is 0 Å². The summed E-state index contributed by atoms with van der Waals surface area (Å²) < 4.78 is 7.16. The number of unbranched alkanes of at least 4 members (excludes halogenated alkanes) is 1. The lowest BCUT2D eigenvalue weighted by atomic mass is 9.98. The number of piperidine rings is 1. The van der Waals surface area contributed by atoms with Gasteiger partial charge < -0.3 is 19.5 Å². The van der Waals surface area contributed by atoms with Gasteiger partial charge in [0.2, 0.25) is 0 Å². The molecule has 0 amide bonds. The van der Waals surface area contributed by atoms with Gasteiger partial charge in [-0.3, -0.25) is 9.79 Å². The predicted molar refractivity (Wildman–Crippen MR) is 96.2 cm³/mol. The number of nitrogens with one attached hydrogen (secondary N) is 1. The summed E-state index contributed by atoms with van der Waals surface area (Å²) >= 11 is 0. The largest absolute Gasteiger partial charge is 0.466 e. The van der Waals surface area contributed by atoms with Crippen LogP contribution in [0.3, 0.4) is 0 Å². The molecule has 140 valence electrons. The molecule has 1 aliphatic heterocycles. The van der Waals surface area contributed by atoms with Gasteiger partial charge in [-0.25, -0.2) is 0 Å². The summed E-state index contributed by atoms with van der Waals surface area (Å²) in [5.41, 5.74) is 0. The number of aryl methyl sites for hydroxylation is 1. The molecule has 1 fully saturated rings. The number of aromatic nitrogens is 3. The molecule has 1 aromatic rings. The van der Waals surface area contributed by atoms with Crippen LogP contribution in [0.1, 0.15) is 39.5 Å². The number of likely N-dealkylation sites (tertiary alicyclic amines) is 1. The molecule has 1 N–H and O–H groups in total. The van der Waals surface area contributed by atoms with Crippen molar-refractivity contribution in [2.45, 2.75) is 46.1 Å². The first kappa shape index (κ1) is 19.2. The fraction of sp³-hybridized carbons (Fsp3) is 0.765. The van der Waals surface area contributed by atoms with E-state index in [9.17, 15) is 4.79 Å². The van der Waals surface area contributed by atoms with E-state index in [1.54, 1.807) is 12.7 Å². The van der Waals surface area contributed by atoms with E-state index in [1.807, 2.05) is 11.5 Å². The van der Waals surface area contributed by atoms with Gasteiger partial charge in [0.05, 0.1) is 12.5 Å². The number of rotatable bonds is 8. The standard InChI is InChI=1S/C17H30N6O2/c1-3-18-17(19-9-5-6-10-22-13-20-21-14-22)23-11-7-8-15(12-23)16(24)25-4-2/h13-15H,3-12H2,1-2H3,(H,18,19). The Morgan fingerprint density at radius 3 is 2.84 bits per heavy atom.